The number of hydrogen-bond donors (Lipinski definition) is 3. The molecular formula is C18H34O5. The lowest BCUT2D eigenvalue weighted by atomic mass is 9.81. The molecule has 0 saturated carbocycles. The second-order valence-corrected chi connectivity index (χ2v) is 6.54. The van der Waals surface area contributed by atoms with E-state index < -0.39 is 5.41 Å². The van der Waals surface area contributed by atoms with Crippen LogP contribution in [0.25, 0.3) is 0 Å². The van der Waals surface area contributed by atoms with Crippen LogP contribution in [0.5, 0.6) is 0 Å². The molecule has 0 bridgehead atoms. The van der Waals surface area contributed by atoms with Gasteiger partial charge in [0.1, 0.15) is 0 Å². The molecule has 0 saturated heterocycles. The molecule has 0 fully saturated rings. The molecule has 0 heterocycles. The smallest absolute Gasteiger partial charge is 0.333 e. The van der Waals surface area contributed by atoms with Crippen LogP contribution < -0.4 is 0 Å². The molecule has 0 rings (SSSR count). The molecule has 136 valence electrons. The number of carbonyl (C=O) groups excluding carboxylic acids is 1. The highest BCUT2D eigenvalue weighted by atomic mass is 16.5. The normalized spacial score (nSPS) is 13.3. The van der Waals surface area contributed by atoms with Gasteiger partial charge >= 0.3 is 5.97 Å². The van der Waals surface area contributed by atoms with Gasteiger partial charge in [0, 0.05) is 16.4 Å². The van der Waals surface area contributed by atoms with Crippen LogP contribution in [0.2, 0.25) is 0 Å². The van der Waals surface area contributed by atoms with Gasteiger partial charge in [0.25, 0.3) is 0 Å². The third-order valence-corrected chi connectivity index (χ3v) is 5.21. The van der Waals surface area contributed by atoms with E-state index in [1.165, 1.54) is 0 Å². The lowest BCUT2D eigenvalue weighted by Crippen LogP contribution is -2.33. The fraction of sp³-hybridized carbons (Fsp3) is 0.833. The van der Waals surface area contributed by atoms with E-state index in [4.69, 9.17) is 4.74 Å². The second kappa shape index (κ2) is 10.8. The van der Waals surface area contributed by atoms with Gasteiger partial charge in [0.2, 0.25) is 0 Å². The lowest BCUT2D eigenvalue weighted by molar-refractivity contribution is -0.142. The summed E-state index contributed by atoms with van der Waals surface area (Å²) in [5, 5.41) is 27.8. The minimum atomic E-state index is -0.900. The van der Waals surface area contributed by atoms with Gasteiger partial charge in [-0.3, -0.25) is 0 Å². The lowest BCUT2D eigenvalue weighted by Gasteiger charge is -2.29. The summed E-state index contributed by atoms with van der Waals surface area (Å²) in [5.74, 6) is -0.327. The van der Waals surface area contributed by atoms with Gasteiger partial charge in [-0.05, 0) is 39.0 Å². The fourth-order valence-electron chi connectivity index (χ4n) is 2.45. The van der Waals surface area contributed by atoms with Crippen LogP contribution in [0.15, 0.2) is 11.6 Å². The molecule has 5 nitrogen and oxygen atoms in total. The monoisotopic (exact) mass is 330 g/mol. The number of aliphatic hydroxyl groups excluding tert-OH is 3. The van der Waals surface area contributed by atoms with E-state index in [1.807, 2.05) is 0 Å². The Morgan fingerprint density at radius 2 is 1.43 bits per heavy atom. The van der Waals surface area contributed by atoms with Gasteiger partial charge < -0.3 is 20.1 Å². The van der Waals surface area contributed by atoms with Gasteiger partial charge in [-0.15, -0.1) is 0 Å². The highest BCUT2D eigenvalue weighted by Gasteiger charge is 2.28. The molecule has 0 atom stereocenters. The highest BCUT2D eigenvalue weighted by Crippen LogP contribution is 2.30. The zero-order valence-corrected chi connectivity index (χ0v) is 15.1. The molecule has 0 aromatic heterocycles. The van der Waals surface area contributed by atoms with Crippen molar-refractivity contribution in [2.75, 3.05) is 26.4 Å². The zero-order chi connectivity index (χ0) is 17.9. The standard InChI is InChI=1S/C18H34O5/c1-5-17(6-2,7-3)14-23-16(22)15(4)9-8-10-18(11-19,12-20)13-21/h9,19-21H,5-8,10-14H2,1-4H3. The Morgan fingerprint density at radius 1 is 0.957 bits per heavy atom. The first-order valence-electron chi connectivity index (χ1n) is 8.54. The van der Waals surface area contributed by atoms with Gasteiger partial charge in [-0.25, -0.2) is 4.79 Å². The van der Waals surface area contributed by atoms with Crippen LogP contribution in [-0.4, -0.2) is 47.7 Å². The molecule has 0 spiro atoms. The Balaban J connectivity index is 4.54. The van der Waals surface area contributed by atoms with Gasteiger partial charge in [0.05, 0.1) is 26.4 Å². The number of carbonyl (C=O) groups is 1. The summed E-state index contributed by atoms with van der Waals surface area (Å²) in [4.78, 5) is 12.1. The van der Waals surface area contributed by atoms with Crippen molar-refractivity contribution in [2.45, 2.75) is 59.8 Å². The van der Waals surface area contributed by atoms with Gasteiger partial charge in [-0.1, -0.05) is 26.8 Å². The SMILES string of the molecule is CCC(CC)(CC)COC(=O)C(C)=CCCC(CO)(CO)CO. The summed E-state index contributed by atoms with van der Waals surface area (Å²) in [6.07, 6.45) is 5.56. The molecule has 23 heavy (non-hydrogen) atoms. The topological polar surface area (TPSA) is 87.0 Å². The first-order chi connectivity index (χ1) is 10.9. The fourth-order valence-corrected chi connectivity index (χ4v) is 2.45. The van der Waals surface area contributed by atoms with Crippen LogP contribution in [0.1, 0.15) is 59.8 Å². The Morgan fingerprint density at radius 3 is 1.83 bits per heavy atom. The van der Waals surface area contributed by atoms with Crippen molar-refractivity contribution in [2.24, 2.45) is 10.8 Å². The van der Waals surface area contributed by atoms with Gasteiger partial charge in [0.15, 0.2) is 0 Å². The number of esters is 1. The number of rotatable bonds is 12. The van der Waals surface area contributed by atoms with E-state index in [0.717, 1.165) is 19.3 Å². The largest absolute Gasteiger partial charge is 0.462 e. The third-order valence-electron chi connectivity index (χ3n) is 5.21. The second-order valence-electron chi connectivity index (χ2n) is 6.54. The van der Waals surface area contributed by atoms with Crippen molar-refractivity contribution in [3.8, 4) is 0 Å². The van der Waals surface area contributed by atoms with Crippen LogP contribution in [0, 0.1) is 10.8 Å². The van der Waals surface area contributed by atoms with Crippen molar-refractivity contribution < 1.29 is 24.9 Å². The maximum Gasteiger partial charge on any atom is 0.333 e. The van der Waals surface area contributed by atoms with Crippen molar-refractivity contribution in [1.29, 1.82) is 0 Å². The van der Waals surface area contributed by atoms with Crippen LogP contribution >= 0.6 is 0 Å². The first kappa shape index (κ1) is 22.1. The minimum absolute atomic E-state index is 0.0513. The van der Waals surface area contributed by atoms with Crippen LogP contribution in [-0.2, 0) is 9.53 Å². The summed E-state index contributed by atoms with van der Waals surface area (Å²) < 4.78 is 5.45. The summed E-state index contributed by atoms with van der Waals surface area (Å²) >= 11 is 0. The first-order valence-corrected chi connectivity index (χ1v) is 8.54. The Kier molecular flexibility index (Phi) is 10.4. The third kappa shape index (κ3) is 6.61. The van der Waals surface area contributed by atoms with E-state index >= 15 is 0 Å². The predicted octanol–water partition coefficient (Wildman–Crippen LogP) is 2.44. The molecule has 0 unspecified atom stereocenters. The Bertz CT molecular complexity index is 351. The number of hydrogen-bond acceptors (Lipinski definition) is 5. The Labute approximate surface area is 140 Å². The number of ether oxygens (including phenoxy) is 1. The molecule has 5 heteroatoms. The van der Waals surface area contributed by atoms with Crippen molar-refractivity contribution in [3.63, 3.8) is 0 Å². The van der Waals surface area contributed by atoms with Crippen LogP contribution in [0.3, 0.4) is 0 Å². The maximum absolute atomic E-state index is 12.1. The van der Waals surface area contributed by atoms with E-state index in [1.54, 1.807) is 13.0 Å². The van der Waals surface area contributed by atoms with Gasteiger partial charge in [-0.2, -0.15) is 0 Å². The molecule has 0 amide bonds. The van der Waals surface area contributed by atoms with E-state index in [9.17, 15) is 20.1 Å². The zero-order valence-electron chi connectivity index (χ0n) is 15.1. The summed E-state index contributed by atoms with van der Waals surface area (Å²) in [6, 6.07) is 0. The molecule has 0 aliphatic rings. The van der Waals surface area contributed by atoms with Crippen molar-refractivity contribution in [1.82, 2.24) is 0 Å². The average molecular weight is 330 g/mol. The molecular weight excluding hydrogens is 296 g/mol. The summed E-state index contributed by atoms with van der Waals surface area (Å²) in [7, 11) is 0. The quantitative estimate of drug-likeness (QED) is 0.378. The summed E-state index contributed by atoms with van der Waals surface area (Å²) in [6.45, 7) is 7.60. The molecule has 0 aliphatic heterocycles. The Hall–Kier alpha value is -0.910. The number of aliphatic hydroxyl groups is 3. The van der Waals surface area contributed by atoms with E-state index in [-0.39, 0.29) is 31.2 Å². The average Bonchev–Trinajstić information content (AvgIpc) is 2.60. The highest BCUT2D eigenvalue weighted by molar-refractivity contribution is 5.87. The van der Waals surface area contributed by atoms with E-state index in [0.29, 0.717) is 25.0 Å². The maximum atomic E-state index is 12.1. The summed E-state index contributed by atoms with van der Waals surface area (Å²) in [5.41, 5.74) is -0.331. The number of allylic oxidation sites excluding steroid dienone is 1. The molecule has 3 N–H and O–H groups in total. The molecule has 0 radical (unpaired) electrons. The predicted molar refractivity (Wildman–Crippen MR) is 90.9 cm³/mol. The van der Waals surface area contributed by atoms with Crippen molar-refractivity contribution >= 4 is 5.97 Å². The molecule has 0 aliphatic carbocycles. The van der Waals surface area contributed by atoms with Crippen LogP contribution in [0.4, 0.5) is 0 Å². The molecule has 0 aromatic carbocycles. The molecule has 0 aromatic rings. The minimum Gasteiger partial charge on any atom is -0.462 e. The van der Waals surface area contributed by atoms with Crippen molar-refractivity contribution in [3.05, 3.63) is 11.6 Å². The van der Waals surface area contributed by atoms with E-state index in [2.05, 4.69) is 20.8 Å².